The topological polar surface area (TPSA) is 46.5 Å². The first-order chi connectivity index (χ1) is 12.6. The lowest BCUT2D eigenvalue weighted by atomic mass is 9.79. The van der Waals surface area contributed by atoms with E-state index in [0.29, 0.717) is 32.3 Å². The Labute approximate surface area is 153 Å². The number of hydrogen-bond acceptors (Lipinski definition) is 3. The summed E-state index contributed by atoms with van der Waals surface area (Å²) in [5, 5.41) is 13.3. The second-order valence-electron chi connectivity index (χ2n) is 7.07. The molecule has 0 unspecified atom stereocenters. The van der Waals surface area contributed by atoms with Gasteiger partial charge in [-0.2, -0.15) is 0 Å². The van der Waals surface area contributed by atoms with Crippen LogP contribution in [-0.4, -0.2) is 10.9 Å². The van der Waals surface area contributed by atoms with Gasteiger partial charge >= 0.3 is 0 Å². The Kier molecular flexibility index (Phi) is 4.48. The van der Waals surface area contributed by atoms with Crippen molar-refractivity contribution in [2.45, 2.75) is 37.9 Å². The molecule has 1 aliphatic carbocycles. The van der Waals surface area contributed by atoms with Crippen molar-refractivity contribution in [1.29, 1.82) is 0 Å². The van der Waals surface area contributed by atoms with Crippen LogP contribution in [0.25, 0.3) is 10.8 Å². The number of aliphatic hydroxyl groups is 1. The first-order valence-electron chi connectivity index (χ1n) is 9.08. The molecular weight excluding hydrogens is 324 g/mol. The standard InChI is InChI=1S/C23H22O3/c24-21-10-12-23(25,13-11-21)20-6-3-7-22(15-20)26-16-17-8-9-18-4-1-2-5-19(18)14-17/h1-9,14-15,25H,10-13,16H2. The van der Waals surface area contributed by atoms with E-state index >= 15 is 0 Å². The van der Waals surface area contributed by atoms with Gasteiger partial charge in [-0.3, -0.25) is 4.79 Å². The predicted octanol–water partition coefficient (Wildman–Crippen LogP) is 4.75. The zero-order valence-electron chi connectivity index (χ0n) is 14.7. The first-order valence-corrected chi connectivity index (χ1v) is 9.08. The van der Waals surface area contributed by atoms with Crippen LogP contribution in [0.2, 0.25) is 0 Å². The highest BCUT2D eigenvalue weighted by atomic mass is 16.5. The lowest BCUT2D eigenvalue weighted by Gasteiger charge is -2.32. The predicted molar refractivity (Wildman–Crippen MR) is 102 cm³/mol. The molecule has 3 aromatic rings. The average Bonchev–Trinajstić information content (AvgIpc) is 2.69. The van der Waals surface area contributed by atoms with Gasteiger partial charge in [-0.05, 0) is 52.9 Å². The van der Waals surface area contributed by atoms with Gasteiger partial charge in [0.15, 0.2) is 0 Å². The monoisotopic (exact) mass is 346 g/mol. The zero-order valence-corrected chi connectivity index (χ0v) is 14.7. The molecule has 0 atom stereocenters. The van der Waals surface area contributed by atoms with E-state index in [-0.39, 0.29) is 5.78 Å². The Morgan fingerprint density at radius 1 is 0.885 bits per heavy atom. The molecule has 0 aliphatic heterocycles. The molecule has 0 aromatic heterocycles. The molecule has 1 saturated carbocycles. The summed E-state index contributed by atoms with van der Waals surface area (Å²) >= 11 is 0. The van der Waals surface area contributed by atoms with Gasteiger partial charge in [0.05, 0.1) is 5.60 Å². The van der Waals surface area contributed by atoms with E-state index in [9.17, 15) is 9.90 Å². The summed E-state index contributed by atoms with van der Waals surface area (Å²) in [6.45, 7) is 0.477. The van der Waals surface area contributed by atoms with Crippen molar-refractivity contribution < 1.29 is 14.6 Å². The minimum absolute atomic E-state index is 0.235. The largest absolute Gasteiger partial charge is 0.489 e. The van der Waals surface area contributed by atoms with Crippen molar-refractivity contribution in [3.05, 3.63) is 77.9 Å². The lowest BCUT2D eigenvalue weighted by Crippen LogP contribution is -2.31. The van der Waals surface area contributed by atoms with Crippen LogP contribution in [0.1, 0.15) is 36.8 Å². The Hall–Kier alpha value is -2.65. The number of hydrogen-bond donors (Lipinski definition) is 1. The third kappa shape index (κ3) is 3.49. The highest BCUT2D eigenvalue weighted by Crippen LogP contribution is 2.37. The maximum absolute atomic E-state index is 11.5. The molecule has 3 nitrogen and oxygen atoms in total. The summed E-state index contributed by atoms with van der Waals surface area (Å²) in [7, 11) is 0. The van der Waals surface area contributed by atoms with E-state index < -0.39 is 5.60 Å². The fraction of sp³-hybridized carbons (Fsp3) is 0.261. The van der Waals surface area contributed by atoms with Crippen LogP contribution in [0.15, 0.2) is 66.7 Å². The van der Waals surface area contributed by atoms with Gasteiger partial charge in [0.1, 0.15) is 18.1 Å². The van der Waals surface area contributed by atoms with Gasteiger partial charge in [0.2, 0.25) is 0 Å². The zero-order chi connectivity index (χ0) is 18.0. The van der Waals surface area contributed by atoms with Crippen LogP contribution in [0, 0.1) is 0 Å². The highest BCUT2D eigenvalue weighted by molar-refractivity contribution is 5.83. The van der Waals surface area contributed by atoms with Crippen LogP contribution in [-0.2, 0) is 17.0 Å². The third-order valence-electron chi connectivity index (χ3n) is 5.23. The third-order valence-corrected chi connectivity index (χ3v) is 5.23. The number of ether oxygens (including phenoxy) is 1. The van der Waals surface area contributed by atoms with Gasteiger partial charge in [0.25, 0.3) is 0 Å². The van der Waals surface area contributed by atoms with E-state index in [0.717, 1.165) is 16.9 Å². The van der Waals surface area contributed by atoms with Crippen molar-refractivity contribution in [1.82, 2.24) is 0 Å². The number of rotatable bonds is 4. The maximum Gasteiger partial charge on any atom is 0.133 e. The summed E-state index contributed by atoms with van der Waals surface area (Å²) in [5.41, 5.74) is 1.02. The van der Waals surface area contributed by atoms with Crippen molar-refractivity contribution >= 4 is 16.6 Å². The van der Waals surface area contributed by atoms with Crippen LogP contribution in [0.4, 0.5) is 0 Å². The van der Waals surface area contributed by atoms with Crippen molar-refractivity contribution in [3.8, 4) is 5.75 Å². The van der Waals surface area contributed by atoms with Crippen LogP contribution < -0.4 is 4.74 Å². The Balaban J connectivity index is 1.49. The fourth-order valence-corrected chi connectivity index (χ4v) is 3.60. The molecule has 3 aromatic carbocycles. The fourth-order valence-electron chi connectivity index (χ4n) is 3.60. The number of ketones is 1. The molecule has 0 heterocycles. The van der Waals surface area contributed by atoms with Crippen molar-refractivity contribution in [2.75, 3.05) is 0 Å². The molecule has 1 aliphatic rings. The summed E-state index contributed by atoms with van der Waals surface area (Å²) in [4.78, 5) is 11.5. The number of fused-ring (bicyclic) bond motifs is 1. The molecule has 0 bridgehead atoms. The number of carbonyl (C=O) groups excluding carboxylic acids is 1. The van der Waals surface area contributed by atoms with Gasteiger partial charge in [-0.15, -0.1) is 0 Å². The quantitative estimate of drug-likeness (QED) is 0.741. The average molecular weight is 346 g/mol. The molecule has 0 amide bonds. The Bertz CT molecular complexity index is 935. The van der Waals surface area contributed by atoms with E-state index in [1.807, 2.05) is 36.4 Å². The minimum Gasteiger partial charge on any atom is -0.489 e. The Morgan fingerprint density at radius 2 is 1.65 bits per heavy atom. The smallest absolute Gasteiger partial charge is 0.133 e. The minimum atomic E-state index is -0.920. The molecule has 4 rings (SSSR count). The van der Waals surface area contributed by atoms with E-state index in [1.54, 1.807) is 0 Å². The molecule has 0 saturated heterocycles. The van der Waals surface area contributed by atoms with Crippen molar-refractivity contribution in [2.24, 2.45) is 0 Å². The summed E-state index contributed by atoms with van der Waals surface area (Å²) in [5.74, 6) is 0.972. The van der Waals surface area contributed by atoms with Crippen molar-refractivity contribution in [3.63, 3.8) is 0 Å². The van der Waals surface area contributed by atoms with Crippen LogP contribution in [0.3, 0.4) is 0 Å². The molecule has 26 heavy (non-hydrogen) atoms. The molecule has 1 fully saturated rings. The number of carbonyl (C=O) groups is 1. The number of Topliss-reactive ketones (excluding diaryl/α,β-unsaturated/α-hetero) is 1. The maximum atomic E-state index is 11.5. The summed E-state index contributed by atoms with van der Waals surface area (Å²) < 4.78 is 5.96. The van der Waals surface area contributed by atoms with Crippen LogP contribution >= 0.6 is 0 Å². The second kappa shape index (κ2) is 6.93. The molecule has 3 heteroatoms. The SMILES string of the molecule is O=C1CCC(O)(c2cccc(OCc3ccc4ccccc4c3)c2)CC1. The second-order valence-corrected chi connectivity index (χ2v) is 7.07. The summed E-state index contributed by atoms with van der Waals surface area (Å²) in [6.07, 6.45) is 1.86. The summed E-state index contributed by atoms with van der Waals surface area (Å²) in [6, 6.07) is 22.2. The molecule has 0 radical (unpaired) electrons. The Morgan fingerprint density at radius 3 is 2.46 bits per heavy atom. The van der Waals surface area contributed by atoms with Gasteiger partial charge in [-0.25, -0.2) is 0 Å². The van der Waals surface area contributed by atoms with E-state index in [4.69, 9.17) is 4.74 Å². The molecular formula is C23H22O3. The van der Waals surface area contributed by atoms with Gasteiger partial charge < -0.3 is 9.84 Å². The lowest BCUT2D eigenvalue weighted by molar-refractivity contribution is -0.125. The van der Waals surface area contributed by atoms with Crippen LogP contribution in [0.5, 0.6) is 5.75 Å². The van der Waals surface area contributed by atoms with Gasteiger partial charge in [-0.1, -0.05) is 48.5 Å². The van der Waals surface area contributed by atoms with Gasteiger partial charge in [0, 0.05) is 12.8 Å². The highest BCUT2D eigenvalue weighted by Gasteiger charge is 2.34. The van der Waals surface area contributed by atoms with E-state index in [1.165, 1.54) is 10.8 Å². The molecule has 1 N–H and O–H groups in total. The normalized spacial score (nSPS) is 16.6. The molecule has 132 valence electrons. The molecule has 0 spiro atoms. The number of benzene rings is 3. The first kappa shape index (κ1) is 16.8. The van der Waals surface area contributed by atoms with E-state index in [2.05, 4.69) is 30.3 Å².